The molecular weight excluding hydrogens is 254 g/mol. The van der Waals surface area contributed by atoms with Crippen LogP contribution < -0.4 is 16.0 Å². The molecule has 0 saturated heterocycles. The molecule has 0 aromatic heterocycles. The van der Waals surface area contributed by atoms with Crippen LogP contribution >= 0.6 is 0 Å². The zero-order valence-electron chi connectivity index (χ0n) is 11.7. The molecule has 0 bridgehead atoms. The van der Waals surface area contributed by atoms with Gasteiger partial charge in [0.2, 0.25) is 11.8 Å². The normalized spacial score (nSPS) is 16.7. The number of fused-ring (bicyclic) bond motifs is 1. The average molecular weight is 273 g/mol. The maximum atomic E-state index is 12.0. The summed E-state index contributed by atoms with van der Waals surface area (Å²) in [4.78, 5) is 23.7. The molecular formula is C15H19N3O2. The molecule has 0 unspecified atom stereocenters. The van der Waals surface area contributed by atoms with Crippen LogP contribution in [-0.4, -0.2) is 24.4 Å². The highest BCUT2D eigenvalue weighted by Crippen LogP contribution is 2.30. The van der Waals surface area contributed by atoms with Gasteiger partial charge in [0.05, 0.1) is 17.8 Å². The largest absolute Gasteiger partial charge is 0.372 e. The van der Waals surface area contributed by atoms with Crippen LogP contribution in [0.1, 0.15) is 17.5 Å². The van der Waals surface area contributed by atoms with E-state index in [0.29, 0.717) is 6.54 Å². The molecule has 1 aliphatic rings. The number of carbonyl (C=O) groups excluding carboxylic acids is 2. The first kappa shape index (κ1) is 14.1. The van der Waals surface area contributed by atoms with Crippen molar-refractivity contribution in [1.82, 2.24) is 5.32 Å². The van der Waals surface area contributed by atoms with Gasteiger partial charge in [0, 0.05) is 6.54 Å². The third-order valence-electron chi connectivity index (χ3n) is 3.37. The number of rotatable bonds is 4. The second-order valence-corrected chi connectivity index (χ2v) is 4.97. The monoisotopic (exact) mass is 273 g/mol. The third kappa shape index (κ3) is 2.99. The Bertz CT molecular complexity index is 566. The summed E-state index contributed by atoms with van der Waals surface area (Å²) in [5, 5.41) is 8.63. The molecule has 1 aromatic rings. The summed E-state index contributed by atoms with van der Waals surface area (Å²) in [6, 6.07) is 3.37. The van der Waals surface area contributed by atoms with E-state index in [2.05, 4.69) is 22.5 Å². The van der Waals surface area contributed by atoms with E-state index in [9.17, 15) is 9.59 Å². The summed E-state index contributed by atoms with van der Waals surface area (Å²) >= 11 is 0. The van der Waals surface area contributed by atoms with Gasteiger partial charge in [-0.15, -0.1) is 6.58 Å². The van der Waals surface area contributed by atoms with Crippen molar-refractivity contribution >= 4 is 23.2 Å². The molecule has 1 aliphatic heterocycles. The van der Waals surface area contributed by atoms with Gasteiger partial charge in [0.25, 0.3) is 0 Å². The van der Waals surface area contributed by atoms with Crippen LogP contribution in [0.2, 0.25) is 0 Å². The molecule has 0 fully saturated rings. The minimum absolute atomic E-state index is 0.103. The number of hydrogen-bond donors (Lipinski definition) is 3. The minimum atomic E-state index is -0.547. The van der Waals surface area contributed by atoms with Crippen molar-refractivity contribution in [1.29, 1.82) is 0 Å². The smallest absolute Gasteiger partial charge is 0.247 e. The molecule has 2 amide bonds. The number of hydrogen-bond acceptors (Lipinski definition) is 3. The summed E-state index contributed by atoms with van der Waals surface area (Å²) in [5.74, 6) is -0.362. The Morgan fingerprint density at radius 1 is 1.35 bits per heavy atom. The highest BCUT2D eigenvalue weighted by Gasteiger charge is 2.27. The second kappa shape index (κ2) is 5.77. The summed E-state index contributed by atoms with van der Waals surface area (Å²) in [7, 11) is 0. The van der Waals surface area contributed by atoms with E-state index < -0.39 is 6.04 Å². The van der Waals surface area contributed by atoms with Crippen LogP contribution in [0, 0.1) is 13.8 Å². The van der Waals surface area contributed by atoms with E-state index in [1.165, 1.54) is 0 Å². The minimum Gasteiger partial charge on any atom is -0.372 e. The molecule has 0 aliphatic carbocycles. The van der Waals surface area contributed by atoms with Gasteiger partial charge >= 0.3 is 0 Å². The second-order valence-electron chi connectivity index (χ2n) is 4.97. The van der Waals surface area contributed by atoms with Gasteiger partial charge in [0.1, 0.15) is 6.04 Å². The van der Waals surface area contributed by atoms with Gasteiger partial charge in [-0.3, -0.25) is 9.59 Å². The van der Waals surface area contributed by atoms with Crippen LogP contribution in [0.4, 0.5) is 11.4 Å². The molecule has 5 nitrogen and oxygen atoms in total. The fourth-order valence-electron chi connectivity index (χ4n) is 2.10. The lowest BCUT2D eigenvalue weighted by Crippen LogP contribution is -2.42. The predicted octanol–water partition coefficient (Wildman–Crippen LogP) is 1.73. The fourth-order valence-corrected chi connectivity index (χ4v) is 2.10. The highest BCUT2D eigenvalue weighted by atomic mass is 16.2. The van der Waals surface area contributed by atoms with Gasteiger partial charge < -0.3 is 16.0 Å². The van der Waals surface area contributed by atoms with Crippen molar-refractivity contribution in [3.05, 3.63) is 35.9 Å². The van der Waals surface area contributed by atoms with Crippen LogP contribution in [0.5, 0.6) is 0 Å². The molecule has 1 aromatic carbocycles. The Labute approximate surface area is 118 Å². The molecule has 1 heterocycles. The van der Waals surface area contributed by atoms with Crippen molar-refractivity contribution in [2.24, 2.45) is 0 Å². The van der Waals surface area contributed by atoms with Crippen LogP contribution in [0.25, 0.3) is 0 Å². The van der Waals surface area contributed by atoms with Gasteiger partial charge in [0.15, 0.2) is 0 Å². The molecule has 0 spiro atoms. The first-order valence-electron chi connectivity index (χ1n) is 6.57. The first-order chi connectivity index (χ1) is 9.51. The lowest BCUT2D eigenvalue weighted by atomic mass is 10.0. The van der Waals surface area contributed by atoms with Crippen LogP contribution in [-0.2, 0) is 9.59 Å². The number of amides is 2. The van der Waals surface area contributed by atoms with Crippen LogP contribution in [0.3, 0.4) is 0 Å². The van der Waals surface area contributed by atoms with Crippen molar-refractivity contribution in [3.63, 3.8) is 0 Å². The molecule has 1 atom stereocenters. The van der Waals surface area contributed by atoms with Gasteiger partial charge in [-0.25, -0.2) is 0 Å². The Morgan fingerprint density at radius 3 is 2.65 bits per heavy atom. The lowest BCUT2D eigenvalue weighted by Gasteiger charge is -2.27. The molecule has 3 N–H and O–H groups in total. The standard InChI is InChI=1S/C15H19N3O2/c1-4-5-16-14(19)8-13-15(20)18-12-7-10(3)9(2)6-11(12)17-13/h4,6-7,13,17H,1,5,8H2,2-3H3,(H,16,19)(H,18,20)/t13-/m0/s1. The summed E-state index contributed by atoms with van der Waals surface area (Å²) in [5.41, 5.74) is 3.88. The van der Waals surface area contributed by atoms with E-state index in [1.54, 1.807) is 6.08 Å². The summed E-state index contributed by atoms with van der Waals surface area (Å²) < 4.78 is 0. The van der Waals surface area contributed by atoms with Crippen molar-refractivity contribution in [2.75, 3.05) is 17.2 Å². The van der Waals surface area contributed by atoms with Gasteiger partial charge in [-0.05, 0) is 37.1 Å². The predicted molar refractivity (Wildman–Crippen MR) is 79.8 cm³/mol. The first-order valence-corrected chi connectivity index (χ1v) is 6.57. The number of aryl methyl sites for hydroxylation is 2. The van der Waals surface area contributed by atoms with Crippen molar-refractivity contribution in [2.45, 2.75) is 26.3 Å². The molecule has 5 heteroatoms. The van der Waals surface area contributed by atoms with Gasteiger partial charge in [-0.1, -0.05) is 6.08 Å². The molecule has 2 rings (SSSR count). The number of nitrogens with one attached hydrogen (secondary N) is 3. The molecule has 0 saturated carbocycles. The van der Waals surface area contributed by atoms with E-state index in [0.717, 1.165) is 22.5 Å². The maximum absolute atomic E-state index is 12.0. The SMILES string of the molecule is C=CCNC(=O)C[C@@H]1Nc2cc(C)c(C)cc2NC1=O. The van der Waals surface area contributed by atoms with Crippen molar-refractivity contribution < 1.29 is 9.59 Å². The van der Waals surface area contributed by atoms with E-state index in [1.807, 2.05) is 26.0 Å². The lowest BCUT2D eigenvalue weighted by molar-refractivity contribution is -0.124. The Balaban J connectivity index is 2.11. The zero-order chi connectivity index (χ0) is 14.7. The van der Waals surface area contributed by atoms with E-state index >= 15 is 0 Å². The van der Waals surface area contributed by atoms with Crippen LogP contribution in [0.15, 0.2) is 24.8 Å². The summed E-state index contributed by atoms with van der Waals surface area (Å²) in [6.07, 6.45) is 1.71. The quantitative estimate of drug-likeness (QED) is 0.732. The van der Waals surface area contributed by atoms with E-state index in [4.69, 9.17) is 0 Å². The topological polar surface area (TPSA) is 70.2 Å². The number of carbonyl (C=O) groups is 2. The third-order valence-corrected chi connectivity index (χ3v) is 3.37. The number of benzene rings is 1. The Kier molecular flexibility index (Phi) is 4.08. The maximum Gasteiger partial charge on any atom is 0.247 e. The summed E-state index contributed by atoms with van der Waals surface area (Å²) in [6.45, 7) is 7.95. The molecule has 106 valence electrons. The average Bonchev–Trinajstić information content (AvgIpc) is 2.40. The molecule has 20 heavy (non-hydrogen) atoms. The Morgan fingerprint density at radius 2 is 2.00 bits per heavy atom. The zero-order valence-corrected chi connectivity index (χ0v) is 11.7. The van der Waals surface area contributed by atoms with Gasteiger partial charge in [-0.2, -0.15) is 0 Å². The van der Waals surface area contributed by atoms with E-state index in [-0.39, 0.29) is 18.2 Å². The highest BCUT2D eigenvalue weighted by molar-refractivity contribution is 6.05. The molecule has 0 radical (unpaired) electrons. The Hall–Kier alpha value is -2.30. The number of anilines is 2. The van der Waals surface area contributed by atoms with Crippen molar-refractivity contribution in [3.8, 4) is 0 Å². The fraction of sp³-hybridized carbons (Fsp3) is 0.333.